The van der Waals surface area contributed by atoms with Crippen molar-refractivity contribution >= 4 is 11.9 Å². The lowest BCUT2D eigenvalue weighted by atomic mass is 9.93. The molecule has 0 saturated carbocycles. The second-order valence-corrected chi connectivity index (χ2v) is 5.12. The van der Waals surface area contributed by atoms with Crippen LogP contribution in [0.5, 0.6) is 5.75 Å². The van der Waals surface area contributed by atoms with Crippen LogP contribution in [0, 0.1) is 5.92 Å². The van der Waals surface area contributed by atoms with Gasteiger partial charge in [0.05, 0.1) is 18.6 Å². The predicted molar refractivity (Wildman–Crippen MR) is 73.9 cm³/mol. The molecule has 2 rings (SSSR count). The lowest BCUT2D eigenvalue weighted by Gasteiger charge is -2.36. The summed E-state index contributed by atoms with van der Waals surface area (Å²) in [5.74, 6) is -0.970. The molecule has 1 aliphatic rings. The number of nitrogens with zero attached hydrogens (tertiary/aromatic N) is 1. The SMILES string of the molecule is COc1ccccc1C(=O)N1CC(C(=O)O)CCC1C. The summed E-state index contributed by atoms with van der Waals surface area (Å²) in [6.45, 7) is 2.21. The van der Waals surface area contributed by atoms with E-state index in [0.29, 0.717) is 24.2 Å². The predicted octanol–water partition coefficient (Wildman–Crippen LogP) is 2.02. The van der Waals surface area contributed by atoms with Gasteiger partial charge in [-0.15, -0.1) is 0 Å². The van der Waals surface area contributed by atoms with E-state index in [1.165, 1.54) is 7.11 Å². The van der Waals surface area contributed by atoms with Crippen molar-refractivity contribution in [1.29, 1.82) is 0 Å². The van der Waals surface area contributed by atoms with Crippen LogP contribution >= 0.6 is 0 Å². The van der Waals surface area contributed by atoms with Crippen LogP contribution < -0.4 is 4.74 Å². The third-order valence-corrected chi connectivity index (χ3v) is 3.83. The number of hydrogen-bond donors (Lipinski definition) is 1. The van der Waals surface area contributed by atoms with Crippen LogP contribution in [0.25, 0.3) is 0 Å². The van der Waals surface area contributed by atoms with E-state index >= 15 is 0 Å². The molecule has 1 heterocycles. The number of hydrogen-bond acceptors (Lipinski definition) is 3. The number of piperidine rings is 1. The maximum Gasteiger partial charge on any atom is 0.308 e. The summed E-state index contributed by atoms with van der Waals surface area (Å²) in [6, 6.07) is 7.06. The molecule has 2 atom stereocenters. The van der Waals surface area contributed by atoms with Crippen molar-refractivity contribution in [3.05, 3.63) is 29.8 Å². The molecule has 0 spiro atoms. The van der Waals surface area contributed by atoms with E-state index in [-0.39, 0.29) is 18.5 Å². The first-order chi connectivity index (χ1) is 9.54. The Morgan fingerprint density at radius 2 is 2.00 bits per heavy atom. The summed E-state index contributed by atoms with van der Waals surface area (Å²) in [4.78, 5) is 25.4. The van der Waals surface area contributed by atoms with Gasteiger partial charge >= 0.3 is 5.97 Å². The van der Waals surface area contributed by atoms with Gasteiger partial charge < -0.3 is 14.7 Å². The lowest BCUT2D eigenvalue weighted by Crippen LogP contribution is -2.47. The van der Waals surface area contributed by atoms with Crippen molar-refractivity contribution < 1.29 is 19.4 Å². The molecular weight excluding hydrogens is 258 g/mol. The van der Waals surface area contributed by atoms with Gasteiger partial charge in [0.25, 0.3) is 5.91 Å². The van der Waals surface area contributed by atoms with Gasteiger partial charge in [-0.25, -0.2) is 0 Å². The topological polar surface area (TPSA) is 66.8 Å². The highest BCUT2D eigenvalue weighted by Gasteiger charge is 2.33. The average molecular weight is 277 g/mol. The molecular formula is C15H19NO4. The summed E-state index contributed by atoms with van der Waals surface area (Å²) >= 11 is 0. The largest absolute Gasteiger partial charge is 0.496 e. The number of rotatable bonds is 3. The number of ether oxygens (including phenoxy) is 1. The van der Waals surface area contributed by atoms with Crippen molar-refractivity contribution in [2.45, 2.75) is 25.8 Å². The van der Waals surface area contributed by atoms with Gasteiger partial charge in [0.15, 0.2) is 0 Å². The van der Waals surface area contributed by atoms with Gasteiger partial charge in [-0.1, -0.05) is 12.1 Å². The molecule has 1 aliphatic heterocycles. The molecule has 108 valence electrons. The first kappa shape index (κ1) is 14.4. The van der Waals surface area contributed by atoms with Gasteiger partial charge in [-0.3, -0.25) is 9.59 Å². The van der Waals surface area contributed by atoms with E-state index in [9.17, 15) is 9.59 Å². The average Bonchev–Trinajstić information content (AvgIpc) is 2.46. The van der Waals surface area contributed by atoms with Crippen molar-refractivity contribution in [2.24, 2.45) is 5.92 Å². The molecule has 5 nitrogen and oxygen atoms in total. The van der Waals surface area contributed by atoms with E-state index < -0.39 is 11.9 Å². The maximum atomic E-state index is 12.6. The van der Waals surface area contributed by atoms with Crippen LogP contribution in [0.15, 0.2) is 24.3 Å². The van der Waals surface area contributed by atoms with Crippen LogP contribution in [0.1, 0.15) is 30.1 Å². The van der Waals surface area contributed by atoms with Gasteiger partial charge in [0.1, 0.15) is 5.75 Å². The molecule has 5 heteroatoms. The highest BCUT2D eigenvalue weighted by molar-refractivity contribution is 5.97. The minimum Gasteiger partial charge on any atom is -0.496 e. The summed E-state index contributed by atoms with van der Waals surface area (Å²) < 4.78 is 5.20. The normalized spacial score (nSPS) is 22.4. The zero-order valence-corrected chi connectivity index (χ0v) is 11.7. The quantitative estimate of drug-likeness (QED) is 0.918. The maximum absolute atomic E-state index is 12.6. The molecule has 1 amide bonds. The number of carboxylic acids is 1. The molecule has 0 aromatic heterocycles. The number of aliphatic carboxylic acids is 1. The van der Waals surface area contributed by atoms with Gasteiger partial charge in [0, 0.05) is 12.6 Å². The Hall–Kier alpha value is -2.04. The molecule has 1 N–H and O–H groups in total. The van der Waals surface area contributed by atoms with E-state index in [4.69, 9.17) is 9.84 Å². The van der Waals surface area contributed by atoms with Crippen LogP contribution in [0.4, 0.5) is 0 Å². The fraction of sp³-hybridized carbons (Fsp3) is 0.467. The Labute approximate surface area is 118 Å². The fourth-order valence-corrected chi connectivity index (χ4v) is 2.57. The summed E-state index contributed by atoms with van der Waals surface area (Å²) in [5.41, 5.74) is 0.480. The van der Waals surface area contributed by atoms with Crippen LogP contribution in [0.3, 0.4) is 0 Å². The third-order valence-electron chi connectivity index (χ3n) is 3.83. The number of methoxy groups -OCH3 is 1. The van der Waals surface area contributed by atoms with Crippen LogP contribution in [-0.2, 0) is 4.79 Å². The summed E-state index contributed by atoms with van der Waals surface area (Å²) in [5, 5.41) is 9.13. The fourth-order valence-electron chi connectivity index (χ4n) is 2.57. The van der Waals surface area contributed by atoms with E-state index in [2.05, 4.69) is 0 Å². The summed E-state index contributed by atoms with van der Waals surface area (Å²) in [6.07, 6.45) is 1.32. The lowest BCUT2D eigenvalue weighted by molar-refractivity contribution is -0.143. The molecule has 20 heavy (non-hydrogen) atoms. The molecule has 2 unspecified atom stereocenters. The van der Waals surface area contributed by atoms with Crippen molar-refractivity contribution in [3.8, 4) is 5.75 Å². The number of benzene rings is 1. The van der Waals surface area contributed by atoms with Crippen LogP contribution in [-0.4, -0.2) is 41.6 Å². The third kappa shape index (κ3) is 2.76. The Kier molecular flexibility index (Phi) is 4.27. The number of likely N-dealkylation sites (tertiary alicyclic amines) is 1. The second kappa shape index (κ2) is 5.94. The number of amides is 1. The second-order valence-electron chi connectivity index (χ2n) is 5.12. The van der Waals surface area contributed by atoms with E-state index in [0.717, 1.165) is 0 Å². The van der Waals surface area contributed by atoms with Gasteiger partial charge in [-0.05, 0) is 31.9 Å². The Morgan fingerprint density at radius 1 is 1.30 bits per heavy atom. The van der Waals surface area contributed by atoms with Crippen LogP contribution in [0.2, 0.25) is 0 Å². The minimum atomic E-state index is -0.838. The Bertz CT molecular complexity index is 514. The number of carboxylic acid groups (broad SMARTS) is 1. The Morgan fingerprint density at radius 3 is 2.65 bits per heavy atom. The zero-order valence-electron chi connectivity index (χ0n) is 11.7. The zero-order chi connectivity index (χ0) is 14.7. The monoisotopic (exact) mass is 277 g/mol. The number of carbonyl (C=O) groups is 2. The van der Waals surface area contributed by atoms with Gasteiger partial charge in [-0.2, -0.15) is 0 Å². The standard InChI is InChI=1S/C15H19NO4/c1-10-7-8-11(15(18)19)9-16(10)14(17)12-5-3-4-6-13(12)20-2/h3-6,10-11H,7-9H2,1-2H3,(H,18,19). The molecule has 1 fully saturated rings. The number of para-hydroxylation sites is 1. The highest BCUT2D eigenvalue weighted by atomic mass is 16.5. The van der Waals surface area contributed by atoms with Crippen molar-refractivity contribution in [2.75, 3.05) is 13.7 Å². The molecule has 1 aromatic carbocycles. The molecule has 1 aromatic rings. The molecule has 0 radical (unpaired) electrons. The molecule has 1 saturated heterocycles. The molecule has 0 bridgehead atoms. The van der Waals surface area contributed by atoms with Crippen molar-refractivity contribution in [1.82, 2.24) is 4.90 Å². The smallest absolute Gasteiger partial charge is 0.308 e. The highest BCUT2D eigenvalue weighted by Crippen LogP contribution is 2.26. The summed E-state index contributed by atoms with van der Waals surface area (Å²) in [7, 11) is 1.52. The van der Waals surface area contributed by atoms with E-state index in [1.54, 1.807) is 29.2 Å². The molecule has 0 aliphatic carbocycles. The minimum absolute atomic E-state index is 0.0445. The van der Waals surface area contributed by atoms with E-state index in [1.807, 2.05) is 6.92 Å². The van der Waals surface area contributed by atoms with Gasteiger partial charge in [0.2, 0.25) is 0 Å². The number of carbonyl (C=O) groups excluding carboxylic acids is 1. The van der Waals surface area contributed by atoms with Crippen molar-refractivity contribution in [3.63, 3.8) is 0 Å². The first-order valence-electron chi connectivity index (χ1n) is 6.71. The Balaban J connectivity index is 2.24. The first-order valence-corrected chi connectivity index (χ1v) is 6.71.